The van der Waals surface area contributed by atoms with Crippen molar-refractivity contribution in [2.24, 2.45) is 0 Å². The van der Waals surface area contributed by atoms with Crippen molar-refractivity contribution in [2.75, 3.05) is 5.32 Å². The number of fused-ring (bicyclic) bond motifs is 1. The lowest BCUT2D eigenvalue weighted by atomic mass is 9.98. The van der Waals surface area contributed by atoms with Crippen molar-refractivity contribution >= 4 is 45.9 Å². The van der Waals surface area contributed by atoms with E-state index in [1.54, 1.807) is 24.3 Å². The smallest absolute Gasteiger partial charge is 0.257 e. The number of amides is 1. The molecular weight excluding hydrogens is 431 g/mol. The summed E-state index contributed by atoms with van der Waals surface area (Å²) in [5.74, 6) is 0.590. The van der Waals surface area contributed by atoms with Gasteiger partial charge in [-0.2, -0.15) is 0 Å². The van der Waals surface area contributed by atoms with Crippen LogP contribution in [0.3, 0.4) is 0 Å². The molecule has 4 rings (SSSR count). The van der Waals surface area contributed by atoms with Gasteiger partial charge in [0, 0.05) is 5.56 Å². The van der Waals surface area contributed by atoms with Crippen molar-refractivity contribution in [3.8, 4) is 11.5 Å². The van der Waals surface area contributed by atoms with E-state index < -0.39 is 0 Å². The third-order valence-electron chi connectivity index (χ3n) is 5.42. The number of aryl methyl sites for hydroxylation is 1. The molecule has 1 atom stereocenters. The van der Waals surface area contributed by atoms with Crippen LogP contribution >= 0.6 is 23.2 Å². The Morgan fingerprint density at radius 1 is 1.06 bits per heavy atom. The van der Waals surface area contributed by atoms with Crippen LogP contribution in [0.15, 0.2) is 59.0 Å². The van der Waals surface area contributed by atoms with Gasteiger partial charge < -0.3 is 9.73 Å². The van der Waals surface area contributed by atoms with Crippen LogP contribution in [-0.2, 0) is 0 Å². The standard InChI is InChI=1S/C25H22Cl2N2O2/c1-4-15(3)16-7-10-23-22(12-16)29-25(31-23)17-6-9-19(26)21(13-17)28-24(30)18-8-5-14(2)11-20(18)27/h5-13,15H,4H2,1-3H3,(H,28,30)/t15-/m1/s1. The molecule has 0 fully saturated rings. The van der Waals surface area contributed by atoms with Gasteiger partial charge in [0.2, 0.25) is 5.89 Å². The zero-order valence-electron chi connectivity index (χ0n) is 17.5. The van der Waals surface area contributed by atoms with Crippen molar-refractivity contribution < 1.29 is 9.21 Å². The third-order valence-corrected chi connectivity index (χ3v) is 6.07. The van der Waals surface area contributed by atoms with Gasteiger partial charge in [-0.15, -0.1) is 0 Å². The monoisotopic (exact) mass is 452 g/mol. The summed E-state index contributed by atoms with van der Waals surface area (Å²) < 4.78 is 5.95. The van der Waals surface area contributed by atoms with Gasteiger partial charge in [0.05, 0.1) is 21.3 Å². The second-order valence-corrected chi connectivity index (χ2v) is 8.50. The fourth-order valence-corrected chi connectivity index (χ4v) is 3.84. The number of hydrogen-bond donors (Lipinski definition) is 1. The molecule has 0 aliphatic heterocycles. The molecule has 31 heavy (non-hydrogen) atoms. The average Bonchev–Trinajstić information content (AvgIpc) is 3.18. The summed E-state index contributed by atoms with van der Waals surface area (Å²) in [6, 6.07) is 16.7. The minimum Gasteiger partial charge on any atom is -0.436 e. The maximum absolute atomic E-state index is 12.7. The molecule has 1 N–H and O–H groups in total. The Balaban J connectivity index is 1.65. The molecule has 0 radical (unpaired) electrons. The molecule has 6 heteroatoms. The molecule has 0 saturated carbocycles. The van der Waals surface area contributed by atoms with Gasteiger partial charge in [-0.1, -0.05) is 49.2 Å². The number of hydrogen-bond acceptors (Lipinski definition) is 3. The minimum atomic E-state index is -0.334. The summed E-state index contributed by atoms with van der Waals surface area (Å²) in [5.41, 5.74) is 5.30. The molecule has 0 saturated heterocycles. The van der Waals surface area contributed by atoms with Crippen molar-refractivity contribution in [3.05, 3.63) is 81.3 Å². The highest BCUT2D eigenvalue weighted by Crippen LogP contribution is 2.32. The number of oxazole rings is 1. The van der Waals surface area contributed by atoms with E-state index in [-0.39, 0.29) is 5.91 Å². The SMILES string of the molecule is CC[C@@H](C)c1ccc2oc(-c3ccc(Cl)c(NC(=O)c4ccc(C)cc4Cl)c3)nc2c1. The number of nitrogens with one attached hydrogen (secondary N) is 1. The molecular formula is C25H22Cl2N2O2. The molecule has 0 bridgehead atoms. The molecule has 0 spiro atoms. The van der Waals surface area contributed by atoms with Crippen molar-refractivity contribution in [1.82, 2.24) is 4.98 Å². The first-order chi connectivity index (χ1) is 14.9. The summed E-state index contributed by atoms with van der Waals surface area (Å²) in [6.45, 7) is 6.27. The number of nitrogens with zero attached hydrogens (tertiary/aromatic N) is 1. The Morgan fingerprint density at radius 2 is 1.87 bits per heavy atom. The van der Waals surface area contributed by atoms with E-state index in [2.05, 4.69) is 36.3 Å². The van der Waals surface area contributed by atoms with Crippen LogP contribution < -0.4 is 5.32 Å². The van der Waals surface area contributed by atoms with Crippen LogP contribution in [-0.4, -0.2) is 10.9 Å². The molecule has 4 nitrogen and oxygen atoms in total. The van der Waals surface area contributed by atoms with E-state index in [1.165, 1.54) is 5.56 Å². The van der Waals surface area contributed by atoms with E-state index in [1.807, 2.05) is 25.1 Å². The number of halogens is 2. The van der Waals surface area contributed by atoms with Crippen molar-refractivity contribution in [2.45, 2.75) is 33.1 Å². The first-order valence-electron chi connectivity index (χ1n) is 10.1. The van der Waals surface area contributed by atoms with Gasteiger partial charge in [0.1, 0.15) is 5.52 Å². The van der Waals surface area contributed by atoms with E-state index in [0.29, 0.717) is 38.7 Å². The summed E-state index contributed by atoms with van der Waals surface area (Å²) in [7, 11) is 0. The van der Waals surface area contributed by atoms with Crippen LogP contribution in [0.5, 0.6) is 0 Å². The lowest BCUT2D eigenvalue weighted by molar-refractivity contribution is 0.102. The van der Waals surface area contributed by atoms with Crippen LogP contribution in [0.4, 0.5) is 5.69 Å². The van der Waals surface area contributed by atoms with Crippen LogP contribution in [0, 0.1) is 6.92 Å². The summed E-state index contributed by atoms with van der Waals surface area (Å²) >= 11 is 12.6. The van der Waals surface area contributed by atoms with Crippen molar-refractivity contribution in [3.63, 3.8) is 0 Å². The van der Waals surface area contributed by atoms with Gasteiger partial charge in [0.15, 0.2) is 5.58 Å². The molecule has 0 aliphatic carbocycles. The maximum atomic E-state index is 12.7. The zero-order chi connectivity index (χ0) is 22.1. The number of carbonyl (C=O) groups is 1. The fraction of sp³-hybridized carbons (Fsp3) is 0.200. The minimum absolute atomic E-state index is 0.334. The molecule has 1 heterocycles. The van der Waals surface area contributed by atoms with E-state index in [9.17, 15) is 4.79 Å². The van der Waals surface area contributed by atoms with Crippen molar-refractivity contribution in [1.29, 1.82) is 0 Å². The second-order valence-electron chi connectivity index (χ2n) is 7.69. The molecule has 1 amide bonds. The number of rotatable bonds is 5. The second kappa shape index (κ2) is 8.74. The highest BCUT2D eigenvalue weighted by molar-refractivity contribution is 6.36. The predicted octanol–water partition coefficient (Wildman–Crippen LogP) is 7.88. The summed E-state index contributed by atoms with van der Waals surface area (Å²) in [6.07, 6.45) is 1.06. The Labute approximate surface area is 191 Å². The first-order valence-corrected chi connectivity index (χ1v) is 10.9. The molecule has 158 valence electrons. The van der Waals surface area contributed by atoms with E-state index >= 15 is 0 Å². The average molecular weight is 453 g/mol. The third kappa shape index (κ3) is 4.46. The first kappa shape index (κ1) is 21.4. The number of carbonyl (C=O) groups excluding carboxylic acids is 1. The highest BCUT2D eigenvalue weighted by atomic mass is 35.5. The quantitative estimate of drug-likeness (QED) is 0.334. The molecule has 0 aliphatic rings. The van der Waals surface area contributed by atoms with Gasteiger partial charge in [-0.25, -0.2) is 4.98 Å². The number of anilines is 1. The topological polar surface area (TPSA) is 55.1 Å². The normalized spacial score (nSPS) is 12.2. The molecule has 1 aromatic heterocycles. The number of benzene rings is 3. The van der Waals surface area contributed by atoms with E-state index in [0.717, 1.165) is 23.1 Å². The maximum Gasteiger partial charge on any atom is 0.257 e. The lowest BCUT2D eigenvalue weighted by Gasteiger charge is -2.10. The van der Waals surface area contributed by atoms with Gasteiger partial charge in [-0.3, -0.25) is 4.79 Å². The predicted molar refractivity (Wildman–Crippen MR) is 127 cm³/mol. The Morgan fingerprint density at radius 3 is 2.61 bits per heavy atom. The Bertz CT molecular complexity index is 1280. The zero-order valence-corrected chi connectivity index (χ0v) is 19.0. The van der Waals surface area contributed by atoms with E-state index in [4.69, 9.17) is 27.6 Å². The largest absolute Gasteiger partial charge is 0.436 e. The Hall–Kier alpha value is -2.82. The number of aromatic nitrogens is 1. The van der Waals surface area contributed by atoms with Crippen LogP contribution in [0.1, 0.15) is 47.7 Å². The molecule has 3 aromatic carbocycles. The lowest BCUT2D eigenvalue weighted by Crippen LogP contribution is -2.13. The van der Waals surface area contributed by atoms with Crippen LogP contribution in [0.2, 0.25) is 10.0 Å². The molecule has 4 aromatic rings. The fourth-order valence-electron chi connectivity index (χ4n) is 3.36. The van der Waals surface area contributed by atoms with Gasteiger partial charge in [-0.05, 0) is 72.9 Å². The van der Waals surface area contributed by atoms with Gasteiger partial charge in [0.25, 0.3) is 5.91 Å². The Kier molecular flexibility index (Phi) is 6.03. The summed E-state index contributed by atoms with van der Waals surface area (Å²) in [4.78, 5) is 17.4. The van der Waals surface area contributed by atoms with Crippen LogP contribution in [0.25, 0.3) is 22.6 Å². The summed E-state index contributed by atoms with van der Waals surface area (Å²) in [5, 5.41) is 3.64. The van der Waals surface area contributed by atoms with Gasteiger partial charge >= 0.3 is 0 Å². The highest BCUT2D eigenvalue weighted by Gasteiger charge is 2.16. The molecule has 0 unspecified atom stereocenters.